The van der Waals surface area contributed by atoms with Crippen LogP contribution in [0.2, 0.25) is 5.02 Å². The van der Waals surface area contributed by atoms with E-state index in [0.717, 1.165) is 12.1 Å². The van der Waals surface area contributed by atoms with Crippen LogP contribution in [0.15, 0.2) is 54.6 Å². The van der Waals surface area contributed by atoms with Gasteiger partial charge in [0.25, 0.3) is 5.91 Å². The van der Waals surface area contributed by atoms with E-state index < -0.39 is 34.6 Å². The molecule has 3 rings (SSSR count). The van der Waals surface area contributed by atoms with Gasteiger partial charge in [-0.25, -0.2) is 13.6 Å². The summed E-state index contributed by atoms with van der Waals surface area (Å²) in [6.45, 7) is 2.32. The number of carboxylic acids is 1. The number of anilines is 1. The molecule has 8 heteroatoms. The van der Waals surface area contributed by atoms with E-state index >= 15 is 0 Å². The number of rotatable bonds is 6. The predicted molar refractivity (Wildman–Crippen MR) is 109 cm³/mol. The number of hydrogen-bond acceptors (Lipinski definition) is 3. The number of carboxylic acid groups (broad SMARTS) is 1. The predicted octanol–water partition coefficient (Wildman–Crippen LogP) is 5.63. The second-order valence-corrected chi connectivity index (χ2v) is 6.60. The van der Waals surface area contributed by atoms with Crippen molar-refractivity contribution >= 4 is 29.2 Å². The molecule has 154 valence electrons. The van der Waals surface area contributed by atoms with Gasteiger partial charge >= 0.3 is 5.97 Å². The smallest absolute Gasteiger partial charge is 0.339 e. The summed E-state index contributed by atoms with van der Waals surface area (Å²) in [7, 11) is 0. The monoisotopic (exact) mass is 431 g/mol. The topological polar surface area (TPSA) is 75.6 Å². The second-order valence-electron chi connectivity index (χ2n) is 6.20. The number of amides is 1. The maximum absolute atomic E-state index is 14.7. The van der Waals surface area contributed by atoms with Crippen molar-refractivity contribution in [3.8, 4) is 16.9 Å². The lowest BCUT2D eigenvalue weighted by Crippen LogP contribution is -2.18. The molecule has 3 aromatic carbocycles. The van der Waals surface area contributed by atoms with Gasteiger partial charge in [-0.1, -0.05) is 29.8 Å². The minimum atomic E-state index is -1.62. The number of aromatic carboxylic acids is 1. The largest absolute Gasteiger partial charge is 0.494 e. The zero-order valence-corrected chi connectivity index (χ0v) is 16.5. The lowest BCUT2D eigenvalue weighted by atomic mass is 10.0. The van der Waals surface area contributed by atoms with Crippen LogP contribution in [0.25, 0.3) is 11.1 Å². The molecule has 30 heavy (non-hydrogen) atoms. The number of hydrogen-bond donors (Lipinski definition) is 2. The van der Waals surface area contributed by atoms with Gasteiger partial charge in [-0.2, -0.15) is 0 Å². The van der Waals surface area contributed by atoms with Crippen LogP contribution in [0.4, 0.5) is 14.5 Å². The highest BCUT2D eigenvalue weighted by atomic mass is 35.5. The first-order valence-electron chi connectivity index (χ1n) is 8.87. The van der Waals surface area contributed by atoms with E-state index in [9.17, 15) is 18.4 Å². The van der Waals surface area contributed by atoms with Crippen molar-refractivity contribution in [2.24, 2.45) is 0 Å². The Morgan fingerprint density at radius 3 is 2.43 bits per heavy atom. The Hall–Kier alpha value is -3.45. The molecule has 5 nitrogen and oxygen atoms in total. The van der Waals surface area contributed by atoms with Crippen molar-refractivity contribution < 1.29 is 28.2 Å². The molecule has 0 atom stereocenters. The fraction of sp³-hybridized carbons (Fsp3) is 0.0909. The highest BCUT2D eigenvalue weighted by Crippen LogP contribution is 2.33. The van der Waals surface area contributed by atoms with Gasteiger partial charge in [-0.05, 0) is 54.4 Å². The summed E-state index contributed by atoms with van der Waals surface area (Å²) in [4.78, 5) is 23.8. The van der Waals surface area contributed by atoms with Crippen LogP contribution in [0.3, 0.4) is 0 Å². The molecular formula is C22H16ClF2NO4. The molecular weight excluding hydrogens is 416 g/mol. The molecule has 0 fully saturated rings. The molecule has 0 bridgehead atoms. The third kappa shape index (κ3) is 4.41. The molecule has 0 aromatic heterocycles. The minimum Gasteiger partial charge on any atom is -0.494 e. The molecule has 0 unspecified atom stereocenters. The average molecular weight is 432 g/mol. The molecule has 0 spiro atoms. The van der Waals surface area contributed by atoms with Crippen LogP contribution in [0.1, 0.15) is 27.6 Å². The summed E-state index contributed by atoms with van der Waals surface area (Å²) in [6, 6.07) is 12.8. The SMILES string of the molecule is CCOc1cccc(-c2cc(F)c(NC(=O)c3cccc(F)c3C(=O)O)c(Cl)c2)c1. The highest BCUT2D eigenvalue weighted by molar-refractivity contribution is 6.34. The van der Waals surface area contributed by atoms with Gasteiger partial charge in [0.2, 0.25) is 0 Å². The van der Waals surface area contributed by atoms with Crippen molar-refractivity contribution in [2.45, 2.75) is 6.92 Å². The third-order valence-electron chi connectivity index (χ3n) is 4.23. The summed E-state index contributed by atoms with van der Waals surface area (Å²) in [5.41, 5.74) is -0.499. The Morgan fingerprint density at radius 2 is 1.77 bits per heavy atom. The third-order valence-corrected chi connectivity index (χ3v) is 4.53. The first kappa shape index (κ1) is 21.3. The van der Waals surface area contributed by atoms with E-state index in [1.807, 2.05) is 6.92 Å². The number of halogens is 3. The normalized spacial score (nSPS) is 10.5. The maximum atomic E-state index is 14.7. The molecule has 3 aromatic rings. The lowest BCUT2D eigenvalue weighted by molar-refractivity contribution is 0.0687. The molecule has 0 radical (unpaired) electrons. The van der Waals surface area contributed by atoms with Gasteiger partial charge in [-0.3, -0.25) is 4.79 Å². The van der Waals surface area contributed by atoms with Crippen molar-refractivity contribution in [3.63, 3.8) is 0 Å². The first-order valence-corrected chi connectivity index (χ1v) is 9.25. The van der Waals surface area contributed by atoms with Crippen LogP contribution >= 0.6 is 11.6 Å². The van der Waals surface area contributed by atoms with E-state index in [2.05, 4.69) is 5.32 Å². The van der Waals surface area contributed by atoms with Crippen LogP contribution in [0, 0.1) is 11.6 Å². The van der Waals surface area contributed by atoms with Gasteiger partial charge in [0.1, 0.15) is 22.9 Å². The summed E-state index contributed by atoms with van der Waals surface area (Å²) in [5.74, 6) is -3.92. The quantitative estimate of drug-likeness (QED) is 0.530. The van der Waals surface area contributed by atoms with Crippen LogP contribution in [-0.4, -0.2) is 23.6 Å². The van der Waals surface area contributed by atoms with E-state index in [-0.39, 0.29) is 10.7 Å². The molecule has 1 amide bonds. The summed E-state index contributed by atoms with van der Waals surface area (Å²) in [6.07, 6.45) is 0. The fourth-order valence-electron chi connectivity index (χ4n) is 2.90. The van der Waals surface area contributed by atoms with E-state index in [0.29, 0.717) is 23.5 Å². The molecule has 2 N–H and O–H groups in total. The number of ether oxygens (including phenoxy) is 1. The Labute approximate surface area is 175 Å². The van der Waals surface area contributed by atoms with Gasteiger partial charge < -0.3 is 15.2 Å². The Balaban J connectivity index is 1.94. The van der Waals surface area contributed by atoms with E-state index in [4.69, 9.17) is 21.4 Å². The molecule has 0 heterocycles. The zero-order chi connectivity index (χ0) is 21.8. The van der Waals surface area contributed by atoms with Crippen LogP contribution < -0.4 is 10.1 Å². The summed E-state index contributed by atoms with van der Waals surface area (Å²) < 4.78 is 34.0. The van der Waals surface area contributed by atoms with Crippen LogP contribution in [-0.2, 0) is 0 Å². The summed E-state index contributed by atoms with van der Waals surface area (Å²) >= 11 is 6.17. The molecule has 0 aliphatic rings. The molecule has 0 aliphatic carbocycles. The molecule has 0 aliphatic heterocycles. The maximum Gasteiger partial charge on any atom is 0.339 e. The van der Waals surface area contributed by atoms with Crippen molar-refractivity contribution in [1.82, 2.24) is 0 Å². The molecule has 0 saturated carbocycles. The summed E-state index contributed by atoms with van der Waals surface area (Å²) in [5, 5.41) is 11.3. The number of benzene rings is 3. The van der Waals surface area contributed by atoms with Crippen LogP contribution in [0.5, 0.6) is 5.75 Å². The van der Waals surface area contributed by atoms with E-state index in [1.165, 1.54) is 18.2 Å². The van der Waals surface area contributed by atoms with Gasteiger partial charge in [-0.15, -0.1) is 0 Å². The van der Waals surface area contributed by atoms with Gasteiger partial charge in [0.15, 0.2) is 0 Å². The fourth-order valence-corrected chi connectivity index (χ4v) is 3.16. The number of carbonyl (C=O) groups is 2. The second kappa shape index (κ2) is 8.92. The standard InChI is InChI=1S/C22H16ClF2NO4/c1-2-30-14-6-3-5-12(9-14)13-10-16(23)20(18(25)11-13)26-21(27)15-7-4-8-17(24)19(15)22(28)29/h3-11H,2H2,1H3,(H,26,27)(H,28,29). The lowest BCUT2D eigenvalue weighted by Gasteiger charge is -2.13. The van der Waals surface area contributed by atoms with Gasteiger partial charge in [0.05, 0.1) is 22.9 Å². The van der Waals surface area contributed by atoms with Crippen molar-refractivity contribution in [1.29, 1.82) is 0 Å². The first-order chi connectivity index (χ1) is 14.3. The van der Waals surface area contributed by atoms with Crippen molar-refractivity contribution in [3.05, 3.63) is 82.4 Å². The van der Waals surface area contributed by atoms with E-state index in [1.54, 1.807) is 24.3 Å². The Bertz CT molecular complexity index is 1110. The Kier molecular flexibility index (Phi) is 6.32. The van der Waals surface area contributed by atoms with Crippen molar-refractivity contribution in [2.75, 3.05) is 11.9 Å². The Morgan fingerprint density at radius 1 is 1.03 bits per heavy atom. The molecule has 0 saturated heterocycles. The number of carbonyl (C=O) groups excluding carboxylic acids is 1. The average Bonchev–Trinajstić information content (AvgIpc) is 2.70. The zero-order valence-electron chi connectivity index (χ0n) is 15.7. The number of nitrogens with one attached hydrogen (secondary N) is 1. The minimum absolute atomic E-state index is 0.103. The highest BCUT2D eigenvalue weighted by Gasteiger charge is 2.22. The van der Waals surface area contributed by atoms with Gasteiger partial charge in [0, 0.05) is 0 Å².